The summed E-state index contributed by atoms with van der Waals surface area (Å²) < 4.78 is 12.4. The molecule has 1 unspecified atom stereocenters. The number of carbonyl (C=O) groups is 4. The van der Waals surface area contributed by atoms with E-state index in [9.17, 15) is 19.2 Å². The van der Waals surface area contributed by atoms with E-state index in [2.05, 4.69) is 5.43 Å². The molecule has 3 rings (SSSR count). The van der Waals surface area contributed by atoms with Crippen LogP contribution in [0.4, 0.5) is 5.69 Å². The minimum Gasteiger partial charge on any atom is -0.454 e. The van der Waals surface area contributed by atoms with Crippen molar-refractivity contribution in [2.75, 3.05) is 25.3 Å². The van der Waals surface area contributed by atoms with Crippen LogP contribution in [0.3, 0.4) is 0 Å². The van der Waals surface area contributed by atoms with Gasteiger partial charge in [0.1, 0.15) is 0 Å². The number of hydrogen-bond acceptors (Lipinski definition) is 6. The van der Waals surface area contributed by atoms with E-state index in [0.29, 0.717) is 17.9 Å². The molecule has 0 saturated carbocycles. The first-order valence-corrected chi connectivity index (χ1v) is 10.3. The summed E-state index contributed by atoms with van der Waals surface area (Å²) in [4.78, 5) is 48.6. The molecule has 1 saturated heterocycles. The van der Waals surface area contributed by atoms with Gasteiger partial charge in [0, 0.05) is 36.9 Å². The molecule has 32 heavy (non-hydrogen) atoms. The van der Waals surface area contributed by atoms with Crippen molar-refractivity contribution in [2.24, 2.45) is 0 Å². The molecule has 0 bridgehead atoms. The molecule has 1 aliphatic rings. The van der Waals surface area contributed by atoms with Crippen LogP contribution in [0.15, 0.2) is 30.3 Å². The fraction of sp³-hybridized carbons (Fsp3) is 0.391. The maximum absolute atomic E-state index is 12.7. The average molecular weight is 441 g/mol. The van der Waals surface area contributed by atoms with Crippen LogP contribution in [0.25, 0.3) is 0 Å². The third-order valence-corrected chi connectivity index (χ3v) is 5.38. The van der Waals surface area contributed by atoms with Crippen molar-refractivity contribution in [3.63, 3.8) is 0 Å². The van der Waals surface area contributed by atoms with Gasteiger partial charge in [-0.15, -0.1) is 0 Å². The molecule has 1 fully saturated rings. The molecule has 9 heteroatoms. The number of nitrogens with zero attached hydrogens (tertiary/aromatic N) is 2. The number of aromatic nitrogens is 1. The van der Waals surface area contributed by atoms with E-state index in [1.54, 1.807) is 13.2 Å². The summed E-state index contributed by atoms with van der Waals surface area (Å²) in [5.74, 6) is -1.42. The van der Waals surface area contributed by atoms with Gasteiger partial charge < -0.3 is 14.0 Å². The van der Waals surface area contributed by atoms with Gasteiger partial charge in [-0.2, -0.15) is 0 Å². The number of nitrogens with one attached hydrogen (secondary N) is 1. The van der Waals surface area contributed by atoms with Crippen LogP contribution in [0.2, 0.25) is 0 Å². The van der Waals surface area contributed by atoms with Gasteiger partial charge in [0.05, 0.1) is 23.9 Å². The van der Waals surface area contributed by atoms with Gasteiger partial charge in [-0.05, 0) is 51.1 Å². The Bertz CT molecular complexity index is 1040. The van der Waals surface area contributed by atoms with E-state index in [4.69, 9.17) is 9.47 Å². The number of aryl methyl sites for hydroxylation is 1. The van der Waals surface area contributed by atoms with Crippen LogP contribution in [-0.4, -0.2) is 48.5 Å². The highest BCUT2D eigenvalue weighted by Gasteiger charge is 2.25. The fourth-order valence-electron chi connectivity index (χ4n) is 3.88. The molecule has 2 aromatic rings. The first kappa shape index (κ1) is 23.2. The quantitative estimate of drug-likeness (QED) is 0.498. The molecule has 1 atom stereocenters. The highest BCUT2D eigenvalue weighted by atomic mass is 16.5. The summed E-state index contributed by atoms with van der Waals surface area (Å²) in [7, 11) is 1.63. The second-order valence-corrected chi connectivity index (χ2v) is 7.77. The van der Waals surface area contributed by atoms with Crippen molar-refractivity contribution in [3.05, 3.63) is 52.8 Å². The number of rotatable bonds is 8. The standard InChI is InChI=1S/C23H27N3O6/c1-14-11-19(16(3)25(14)15(2)12-31-4)20(27)13-32-23(30)17-5-7-18(8-6-17)26-22(29)10-9-21(28)24-26/h5-8,11,15H,9-10,12-13H2,1-4H3,(H,24,28). The Kier molecular flexibility index (Phi) is 7.09. The lowest BCUT2D eigenvalue weighted by Gasteiger charge is -2.27. The number of benzene rings is 1. The molecule has 0 spiro atoms. The molecule has 0 radical (unpaired) electrons. The molecular formula is C23H27N3O6. The van der Waals surface area contributed by atoms with Crippen LogP contribution in [-0.2, 0) is 19.1 Å². The van der Waals surface area contributed by atoms with Crippen molar-refractivity contribution < 1.29 is 28.7 Å². The number of ether oxygens (including phenoxy) is 2. The van der Waals surface area contributed by atoms with Gasteiger partial charge >= 0.3 is 5.97 Å². The van der Waals surface area contributed by atoms with Gasteiger partial charge in [0.15, 0.2) is 6.61 Å². The lowest BCUT2D eigenvalue weighted by atomic mass is 10.1. The fourth-order valence-corrected chi connectivity index (χ4v) is 3.88. The maximum Gasteiger partial charge on any atom is 0.338 e. The first-order chi connectivity index (χ1) is 15.2. The molecule has 1 aromatic carbocycles. The van der Waals surface area contributed by atoms with Gasteiger partial charge in [0.25, 0.3) is 0 Å². The van der Waals surface area contributed by atoms with Crippen LogP contribution >= 0.6 is 0 Å². The van der Waals surface area contributed by atoms with E-state index in [1.165, 1.54) is 24.3 Å². The van der Waals surface area contributed by atoms with Crippen molar-refractivity contribution >= 4 is 29.3 Å². The van der Waals surface area contributed by atoms with Crippen molar-refractivity contribution in [1.82, 2.24) is 9.99 Å². The third kappa shape index (κ3) is 4.88. The minimum atomic E-state index is -0.652. The van der Waals surface area contributed by atoms with Gasteiger partial charge in [-0.25, -0.2) is 9.80 Å². The van der Waals surface area contributed by atoms with Gasteiger partial charge in [0.2, 0.25) is 17.6 Å². The summed E-state index contributed by atoms with van der Waals surface area (Å²) in [5.41, 5.74) is 5.39. The Balaban J connectivity index is 1.63. The molecule has 0 aliphatic carbocycles. The summed E-state index contributed by atoms with van der Waals surface area (Å²) in [6, 6.07) is 7.89. The second-order valence-electron chi connectivity index (χ2n) is 7.77. The number of amides is 2. The normalized spacial score (nSPS) is 14.8. The van der Waals surface area contributed by atoms with Gasteiger partial charge in [-0.1, -0.05) is 0 Å². The number of ketones is 1. The number of Topliss-reactive ketones (excluding diaryl/α,β-unsaturated/α-hetero) is 1. The Morgan fingerprint density at radius 2 is 1.81 bits per heavy atom. The first-order valence-electron chi connectivity index (χ1n) is 10.3. The van der Waals surface area contributed by atoms with Gasteiger partial charge in [-0.3, -0.25) is 19.8 Å². The molecule has 9 nitrogen and oxygen atoms in total. The van der Waals surface area contributed by atoms with E-state index < -0.39 is 5.97 Å². The molecule has 2 heterocycles. The Hall–Kier alpha value is -3.46. The highest BCUT2D eigenvalue weighted by molar-refractivity contribution is 6.02. The van der Waals surface area contributed by atoms with Crippen LogP contribution in [0.5, 0.6) is 0 Å². The third-order valence-electron chi connectivity index (χ3n) is 5.38. The van der Waals surface area contributed by atoms with Crippen LogP contribution in [0.1, 0.15) is 57.9 Å². The lowest BCUT2D eigenvalue weighted by molar-refractivity contribution is -0.130. The molecule has 170 valence electrons. The molecule has 1 N–H and O–H groups in total. The Labute approximate surface area is 186 Å². The minimum absolute atomic E-state index is 0.0687. The van der Waals surface area contributed by atoms with Crippen molar-refractivity contribution in [2.45, 2.75) is 39.7 Å². The molecule has 1 aliphatic heterocycles. The van der Waals surface area contributed by atoms with Crippen LogP contribution in [0, 0.1) is 13.8 Å². The summed E-state index contributed by atoms with van der Waals surface area (Å²) in [6.45, 7) is 5.91. The van der Waals surface area contributed by atoms with E-state index in [0.717, 1.165) is 16.4 Å². The topological polar surface area (TPSA) is 107 Å². The van der Waals surface area contributed by atoms with E-state index in [1.807, 2.05) is 25.3 Å². The number of esters is 1. The Morgan fingerprint density at radius 3 is 2.47 bits per heavy atom. The summed E-state index contributed by atoms with van der Waals surface area (Å²) >= 11 is 0. The van der Waals surface area contributed by atoms with Crippen LogP contribution < -0.4 is 10.4 Å². The smallest absolute Gasteiger partial charge is 0.338 e. The van der Waals surface area contributed by atoms with E-state index in [-0.39, 0.29) is 48.7 Å². The number of anilines is 1. The van der Waals surface area contributed by atoms with E-state index >= 15 is 0 Å². The number of hydrogen-bond donors (Lipinski definition) is 1. The van der Waals surface area contributed by atoms with Crippen molar-refractivity contribution in [3.8, 4) is 0 Å². The zero-order valence-electron chi connectivity index (χ0n) is 18.6. The monoisotopic (exact) mass is 441 g/mol. The second kappa shape index (κ2) is 9.78. The molecular weight excluding hydrogens is 414 g/mol. The molecule has 2 amide bonds. The lowest BCUT2D eigenvalue weighted by Crippen LogP contribution is -2.50. The van der Waals surface area contributed by atoms with Crippen molar-refractivity contribution in [1.29, 1.82) is 0 Å². The SMILES string of the molecule is COCC(C)n1c(C)cc(C(=O)COC(=O)c2ccc(N3NC(=O)CCC3=O)cc2)c1C. The number of methoxy groups -OCH3 is 1. The summed E-state index contributed by atoms with van der Waals surface area (Å²) in [6.07, 6.45) is 0.282. The largest absolute Gasteiger partial charge is 0.454 e. The summed E-state index contributed by atoms with van der Waals surface area (Å²) in [5, 5.41) is 1.16. The average Bonchev–Trinajstić information content (AvgIpc) is 3.07. The highest BCUT2D eigenvalue weighted by Crippen LogP contribution is 2.22. The Morgan fingerprint density at radius 1 is 1.12 bits per heavy atom. The zero-order chi connectivity index (χ0) is 23.4. The number of hydrazine groups is 1. The number of carbonyl (C=O) groups excluding carboxylic acids is 4. The predicted octanol–water partition coefficient (Wildman–Crippen LogP) is 2.51. The zero-order valence-corrected chi connectivity index (χ0v) is 18.6. The predicted molar refractivity (Wildman–Crippen MR) is 116 cm³/mol. The molecule has 1 aromatic heterocycles. The maximum atomic E-state index is 12.7.